The summed E-state index contributed by atoms with van der Waals surface area (Å²) in [6.07, 6.45) is 3.40. The van der Waals surface area contributed by atoms with Crippen molar-refractivity contribution in [3.05, 3.63) is 10.4 Å². The molecule has 1 unspecified atom stereocenters. The second-order valence-corrected chi connectivity index (χ2v) is 4.14. The Morgan fingerprint density at radius 1 is 1.44 bits per heavy atom. The van der Waals surface area contributed by atoms with E-state index in [1.807, 2.05) is 6.92 Å². The summed E-state index contributed by atoms with van der Waals surface area (Å²) in [7, 11) is 0. The maximum Gasteiger partial charge on any atom is 0.326 e. The van der Waals surface area contributed by atoms with Crippen LogP contribution in [0.2, 0.25) is 0 Å². The molecule has 1 atom stereocenters. The van der Waals surface area contributed by atoms with Crippen molar-refractivity contribution in [1.82, 2.24) is 5.32 Å². The van der Waals surface area contributed by atoms with E-state index >= 15 is 0 Å². The zero-order valence-electron chi connectivity index (χ0n) is 11.6. The minimum Gasteiger partial charge on any atom is -0.465 e. The van der Waals surface area contributed by atoms with Gasteiger partial charge in [-0.3, -0.25) is 4.79 Å². The number of nitrogens with zero attached hydrogens (tertiary/aromatic N) is 3. The molecule has 0 fully saturated rings. The maximum absolute atomic E-state index is 12.1. The van der Waals surface area contributed by atoms with Crippen LogP contribution in [-0.4, -0.2) is 31.2 Å². The van der Waals surface area contributed by atoms with Crippen molar-refractivity contribution in [2.75, 3.05) is 19.7 Å². The number of rotatable bonds is 10. The van der Waals surface area contributed by atoms with Gasteiger partial charge in [-0.2, -0.15) is 0 Å². The molecule has 18 heavy (non-hydrogen) atoms. The summed E-state index contributed by atoms with van der Waals surface area (Å²) in [4.78, 5) is 14.8. The highest BCUT2D eigenvalue weighted by atomic mass is 16.5. The summed E-state index contributed by atoms with van der Waals surface area (Å²) in [5, 5.41) is 6.66. The monoisotopic (exact) mass is 256 g/mol. The first-order valence-corrected chi connectivity index (χ1v) is 6.60. The number of ether oxygens (including phenoxy) is 1. The van der Waals surface area contributed by atoms with E-state index in [9.17, 15) is 4.79 Å². The van der Waals surface area contributed by atoms with Crippen LogP contribution in [0.3, 0.4) is 0 Å². The topological polar surface area (TPSA) is 87.1 Å². The molecule has 0 amide bonds. The second-order valence-electron chi connectivity index (χ2n) is 4.14. The van der Waals surface area contributed by atoms with Crippen LogP contribution < -0.4 is 5.32 Å². The van der Waals surface area contributed by atoms with Crippen LogP contribution in [0.25, 0.3) is 10.4 Å². The number of nitrogens with one attached hydrogen (secondary N) is 1. The zero-order chi connectivity index (χ0) is 13.9. The van der Waals surface area contributed by atoms with Crippen molar-refractivity contribution in [3.63, 3.8) is 0 Å². The first-order valence-electron chi connectivity index (χ1n) is 6.60. The van der Waals surface area contributed by atoms with E-state index in [0.717, 1.165) is 19.3 Å². The van der Waals surface area contributed by atoms with Crippen LogP contribution in [0.5, 0.6) is 0 Å². The molecule has 0 aliphatic carbocycles. The zero-order valence-corrected chi connectivity index (χ0v) is 11.6. The Hall–Kier alpha value is -1.26. The molecule has 0 rings (SSSR count). The van der Waals surface area contributed by atoms with E-state index in [-0.39, 0.29) is 5.97 Å². The van der Waals surface area contributed by atoms with E-state index in [1.165, 1.54) is 0 Å². The van der Waals surface area contributed by atoms with Crippen LogP contribution in [0, 0.1) is 0 Å². The molecule has 0 aromatic carbocycles. The molecular formula is C12H24N4O2. The van der Waals surface area contributed by atoms with Gasteiger partial charge in [-0.1, -0.05) is 31.8 Å². The molecule has 0 bridgehead atoms. The van der Waals surface area contributed by atoms with Crippen LogP contribution >= 0.6 is 0 Å². The Balaban J connectivity index is 4.62. The van der Waals surface area contributed by atoms with E-state index in [2.05, 4.69) is 22.3 Å². The number of carbonyl (C=O) groups is 1. The molecule has 1 N–H and O–H groups in total. The lowest BCUT2D eigenvalue weighted by atomic mass is 9.89. The van der Waals surface area contributed by atoms with Gasteiger partial charge in [0.2, 0.25) is 0 Å². The number of azide groups is 1. The van der Waals surface area contributed by atoms with Crippen molar-refractivity contribution in [1.29, 1.82) is 0 Å². The Kier molecular flexibility index (Phi) is 9.06. The van der Waals surface area contributed by atoms with Gasteiger partial charge >= 0.3 is 5.97 Å². The Morgan fingerprint density at radius 2 is 2.17 bits per heavy atom. The molecule has 0 heterocycles. The van der Waals surface area contributed by atoms with E-state index in [0.29, 0.717) is 26.1 Å². The van der Waals surface area contributed by atoms with Crippen LogP contribution in [0.1, 0.15) is 46.5 Å². The quantitative estimate of drug-likeness (QED) is 0.214. The van der Waals surface area contributed by atoms with Gasteiger partial charge in [0.15, 0.2) is 0 Å². The summed E-state index contributed by atoms with van der Waals surface area (Å²) in [6.45, 7) is 7.06. The third-order valence-corrected chi connectivity index (χ3v) is 2.97. The highest BCUT2D eigenvalue weighted by molar-refractivity contribution is 5.80. The van der Waals surface area contributed by atoms with Crippen LogP contribution in [0.4, 0.5) is 0 Å². The van der Waals surface area contributed by atoms with Crippen molar-refractivity contribution in [2.45, 2.75) is 52.0 Å². The van der Waals surface area contributed by atoms with Gasteiger partial charge in [-0.25, -0.2) is 0 Å². The van der Waals surface area contributed by atoms with E-state index in [4.69, 9.17) is 10.3 Å². The molecule has 0 spiro atoms. The second kappa shape index (κ2) is 9.74. The fraction of sp³-hybridized carbons (Fsp3) is 0.917. The molecule has 0 saturated carbocycles. The SMILES string of the molecule is CCCCC(CC)(NCCN=[N+]=[N-])C(=O)OCC. The summed E-state index contributed by atoms with van der Waals surface area (Å²) in [5.41, 5.74) is 7.58. The van der Waals surface area contributed by atoms with E-state index in [1.54, 1.807) is 6.92 Å². The predicted molar refractivity (Wildman–Crippen MR) is 71.2 cm³/mol. The molecule has 0 saturated heterocycles. The lowest BCUT2D eigenvalue weighted by Crippen LogP contribution is -2.53. The lowest BCUT2D eigenvalue weighted by Gasteiger charge is -2.31. The molecule has 6 heteroatoms. The van der Waals surface area contributed by atoms with Gasteiger partial charge in [-0.15, -0.1) is 0 Å². The number of unbranched alkanes of at least 4 members (excludes halogenated alkanes) is 1. The molecule has 0 aromatic heterocycles. The highest BCUT2D eigenvalue weighted by Crippen LogP contribution is 2.20. The summed E-state index contributed by atoms with van der Waals surface area (Å²) in [6, 6.07) is 0. The average Bonchev–Trinajstić information content (AvgIpc) is 2.39. The first kappa shape index (κ1) is 16.7. The Morgan fingerprint density at radius 3 is 2.67 bits per heavy atom. The first-order chi connectivity index (χ1) is 8.66. The minimum absolute atomic E-state index is 0.207. The van der Waals surface area contributed by atoms with Gasteiger partial charge in [-0.05, 0) is 25.3 Å². The summed E-state index contributed by atoms with van der Waals surface area (Å²) >= 11 is 0. The highest BCUT2D eigenvalue weighted by Gasteiger charge is 2.36. The third-order valence-electron chi connectivity index (χ3n) is 2.97. The van der Waals surface area contributed by atoms with Crippen molar-refractivity contribution in [3.8, 4) is 0 Å². The maximum atomic E-state index is 12.1. The summed E-state index contributed by atoms with van der Waals surface area (Å²) < 4.78 is 5.15. The van der Waals surface area contributed by atoms with Gasteiger partial charge in [0.25, 0.3) is 0 Å². The lowest BCUT2D eigenvalue weighted by molar-refractivity contribution is -0.151. The number of hydrogen-bond acceptors (Lipinski definition) is 4. The average molecular weight is 256 g/mol. The number of carbonyl (C=O) groups excluding carboxylic acids is 1. The molecular weight excluding hydrogens is 232 g/mol. The minimum atomic E-state index is -0.642. The van der Waals surface area contributed by atoms with Crippen LogP contribution in [0.15, 0.2) is 5.11 Å². The standard InChI is InChI=1S/C12H24N4O2/c1-4-7-8-12(5-2,11(17)18-6-3)14-9-10-15-16-13/h14H,4-10H2,1-3H3. The van der Waals surface area contributed by atoms with E-state index < -0.39 is 5.54 Å². The molecule has 6 nitrogen and oxygen atoms in total. The molecule has 0 aliphatic heterocycles. The molecule has 104 valence electrons. The van der Waals surface area contributed by atoms with Gasteiger partial charge in [0.1, 0.15) is 5.54 Å². The predicted octanol–water partition coefficient (Wildman–Crippen LogP) is 2.79. The number of hydrogen-bond donors (Lipinski definition) is 1. The fourth-order valence-corrected chi connectivity index (χ4v) is 1.85. The van der Waals surface area contributed by atoms with Crippen LogP contribution in [-0.2, 0) is 9.53 Å². The molecule has 0 aromatic rings. The van der Waals surface area contributed by atoms with Crippen molar-refractivity contribution >= 4 is 5.97 Å². The molecule has 0 radical (unpaired) electrons. The normalized spacial score (nSPS) is 13.5. The van der Waals surface area contributed by atoms with Gasteiger partial charge in [0.05, 0.1) is 6.61 Å². The largest absolute Gasteiger partial charge is 0.465 e. The summed E-state index contributed by atoms with van der Waals surface area (Å²) in [5.74, 6) is -0.207. The molecule has 0 aliphatic rings. The third kappa shape index (κ3) is 5.38. The Bertz CT molecular complexity index is 290. The smallest absolute Gasteiger partial charge is 0.326 e. The van der Waals surface area contributed by atoms with Gasteiger partial charge in [0, 0.05) is 18.0 Å². The van der Waals surface area contributed by atoms with Gasteiger partial charge < -0.3 is 10.1 Å². The Labute approximate surface area is 109 Å². The number of esters is 1. The van der Waals surface area contributed by atoms with Crippen molar-refractivity contribution in [2.24, 2.45) is 5.11 Å². The fourth-order valence-electron chi connectivity index (χ4n) is 1.85. The van der Waals surface area contributed by atoms with Crippen molar-refractivity contribution < 1.29 is 9.53 Å².